The highest BCUT2D eigenvalue weighted by Gasteiger charge is 2.22. The normalized spacial score (nSPS) is 10.7. The number of aryl methyl sites for hydroxylation is 1. The van der Waals surface area contributed by atoms with Crippen molar-refractivity contribution >= 4 is 17.6 Å². The summed E-state index contributed by atoms with van der Waals surface area (Å²) >= 11 is 0. The molecule has 0 aliphatic rings. The second kappa shape index (κ2) is 8.17. The fraction of sp³-hybridized carbons (Fsp3) is 0.150. The summed E-state index contributed by atoms with van der Waals surface area (Å²) < 4.78 is 46.3. The standard InChI is InChI=1S/C20H16F3N3O3/c1-11-17(12(2)26(25-11)13-6-4-3-5-7-13)20(28)29-10-16(27)24-15-9-8-14(21)18(22)19(15)23/h3-9H,10H2,1-2H3,(H,24,27). The van der Waals surface area contributed by atoms with Crippen LogP contribution in [0.4, 0.5) is 18.9 Å². The molecule has 3 rings (SSSR count). The van der Waals surface area contributed by atoms with E-state index in [1.54, 1.807) is 18.5 Å². The first-order valence-corrected chi connectivity index (χ1v) is 8.51. The zero-order valence-corrected chi connectivity index (χ0v) is 15.5. The number of aromatic nitrogens is 2. The van der Waals surface area contributed by atoms with Crippen molar-refractivity contribution in [3.8, 4) is 5.69 Å². The number of carbonyl (C=O) groups is 2. The zero-order valence-electron chi connectivity index (χ0n) is 15.5. The number of benzene rings is 2. The third-order valence-electron chi connectivity index (χ3n) is 4.14. The van der Waals surface area contributed by atoms with Gasteiger partial charge in [0, 0.05) is 0 Å². The van der Waals surface area contributed by atoms with Gasteiger partial charge in [-0.05, 0) is 38.1 Å². The third-order valence-corrected chi connectivity index (χ3v) is 4.14. The van der Waals surface area contributed by atoms with Crippen molar-refractivity contribution in [3.63, 3.8) is 0 Å². The summed E-state index contributed by atoms with van der Waals surface area (Å²) in [4.78, 5) is 24.3. The van der Waals surface area contributed by atoms with Crippen LogP contribution in [0.1, 0.15) is 21.7 Å². The fourth-order valence-corrected chi connectivity index (χ4v) is 2.77. The topological polar surface area (TPSA) is 73.2 Å². The number of nitrogens with one attached hydrogen (secondary N) is 1. The van der Waals surface area contributed by atoms with E-state index in [9.17, 15) is 22.8 Å². The molecular formula is C20H16F3N3O3. The number of carbonyl (C=O) groups excluding carboxylic acids is 2. The molecule has 0 atom stereocenters. The molecule has 9 heteroatoms. The van der Waals surface area contributed by atoms with Crippen LogP contribution in [0.5, 0.6) is 0 Å². The highest BCUT2D eigenvalue weighted by atomic mass is 19.2. The Morgan fingerprint density at radius 1 is 1.03 bits per heavy atom. The van der Waals surface area contributed by atoms with Crippen LogP contribution in [0.15, 0.2) is 42.5 Å². The molecule has 0 radical (unpaired) electrons. The lowest BCUT2D eigenvalue weighted by Crippen LogP contribution is -2.22. The van der Waals surface area contributed by atoms with Gasteiger partial charge in [-0.15, -0.1) is 0 Å². The Morgan fingerprint density at radius 2 is 1.72 bits per heavy atom. The Hall–Kier alpha value is -3.62. The Balaban J connectivity index is 1.69. The van der Waals surface area contributed by atoms with E-state index in [0.717, 1.165) is 11.8 Å². The quantitative estimate of drug-likeness (QED) is 0.521. The highest BCUT2D eigenvalue weighted by molar-refractivity contribution is 5.96. The second-order valence-electron chi connectivity index (χ2n) is 6.14. The largest absolute Gasteiger partial charge is 0.452 e. The molecule has 0 saturated heterocycles. The van der Waals surface area contributed by atoms with E-state index >= 15 is 0 Å². The molecule has 6 nitrogen and oxygen atoms in total. The van der Waals surface area contributed by atoms with Crippen LogP contribution < -0.4 is 5.32 Å². The number of amides is 1. The predicted molar refractivity (Wildman–Crippen MR) is 98.3 cm³/mol. The Kier molecular flexibility index (Phi) is 5.67. The summed E-state index contributed by atoms with van der Waals surface area (Å²) in [5.41, 5.74) is 1.31. The molecule has 1 heterocycles. The SMILES string of the molecule is Cc1nn(-c2ccccc2)c(C)c1C(=O)OCC(=O)Nc1ccc(F)c(F)c1F. The maximum atomic E-state index is 13.6. The molecule has 2 aromatic carbocycles. The number of anilines is 1. The van der Waals surface area contributed by atoms with Crippen LogP contribution >= 0.6 is 0 Å². The van der Waals surface area contributed by atoms with Crippen LogP contribution in [-0.2, 0) is 9.53 Å². The smallest absolute Gasteiger partial charge is 0.342 e. The molecule has 3 aromatic rings. The number of rotatable bonds is 5. The van der Waals surface area contributed by atoms with Crippen molar-refractivity contribution in [2.24, 2.45) is 0 Å². The van der Waals surface area contributed by atoms with Gasteiger partial charge in [0.15, 0.2) is 24.1 Å². The summed E-state index contributed by atoms with van der Waals surface area (Å²) in [6, 6.07) is 10.7. The molecule has 0 spiro atoms. The van der Waals surface area contributed by atoms with Crippen LogP contribution in [0, 0.1) is 31.3 Å². The molecule has 1 amide bonds. The van der Waals surface area contributed by atoms with Gasteiger partial charge < -0.3 is 10.1 Å². The maximum absolute atomic E-state index is 13.6. The average Bonchev–Trinajstić information content (AvgIpc) is 3.01. The first kappa shape index (κ1) is 20.1. The van der Waals surface area contributed by atoms with Gasteiger partial charge in [-0.3, -0.25) is 4.79 Å². The predicted octanol–water partition coefficient (Wildman–Crippen LogP) is 3.70. The number of esters is 1. The van der Waals surface area contributed by atoms with E-state index in [2.05, 4.69) is 5.10 Å². The number of hydrogen-bond acceptors (Lipinski definition) is 4. The first-order valence-electron chi connectivity index (χ1n) is 8.51. The molecule has 0 unspecified atom stereocenters. The van der Waals surface area contributed by atoms with E-state index in [-0.39, 0.29) is 5.56 Å². The summed E-state index contributed by atoms with van der Waals surface area (Å²) in [6.45, 7) is 2.56. The van der Waals surface area contributed by atoms with Gasteiger partial charge >= 0.3 is 5.97 Å². The molecule has 150 valence electrons. The minimum absolute atomic E-state index is 0.195. The molecule has 1 aromatic heterocycles. The first-order chi connectivity index (χ1) is 13.8. The summed E-state index contributed by atoms with van der Waals surface area (Å²) in [5, 5.41) is 6.34. The van der Waals surface area contributed by atoms with Gasteiger partial charge in [0.2, 0.25) is 0 Å². The third kappa shape index (κ3) is 4.13. The molecule has 0 fully saturated rings. The van der Waals surface area contributed by atoms with Crippen LogP contribution in [-0.4, -0.2) is 28.3 Å². The highest BCUT2D eigenvalue weighted by Crippen LogP contribution is 2.20. The van der Waals surface area contributed by atoms with Gasteiger partial charge in [-0.1, -0.05) is 18.2 Å². The fourth-order valence-electron chi connectivity index (χ4n) is 2.77. The van der Waals surface area contributed by atoms with E-state index < -0.39 is 41.6 Å². The number of para-hydroxylation sites is 1. The number of ether oxygens (including phenoxy) is 1. The zero-order chi connectivity index (χ0) is 21.1. The Bertz CT molecular complexity index is 1080. The molecule has 0 aliphatic carbocycles. The van der Waals surface area contributed by atoms with Crippen LogP contribution in [0.25, 0.3) is 5.69 Å². The summed E-state index contributed by atoms with van der Waals surface area (Å²) in [5.74, 6) is -6.33. The van der Waals surface area contributed by atoms with E-state index in [1.165, 1.54) is 0 Å². The van der Waals surface area contributed by atoms with Gasteiger partial charge in [0.05, 0.1) is 22.8 Å². The minimum atomic E-state index is -1.71. The summed E-state index contributed by atoms with van der Waals surface area (Å²) in [6.07, 6.45) is 0. The van der Waals surface area contributed by atoms with Gasteiger partial charge in [-0.25, -0.2) is 22.6 Å². The maximum Gasteiger partial charge on any atom is 0.342 e. The Labute approximate surface area is 163 Å². The Morgan fingerprint density at radius 3 is 2.41 bits per heavy atom. The van der Waals surface area contributed by atoms with Crippen LogP contribution in [0.2, 0.25) is 0 Å². The minimum Gasteiger partial charge on any atom is -0.452 e. The number of hydrogen-bond donors (Lipinski definition) is 1. The monoisotopic (exact) mass is 403 g/mol. The van der Waals surface area contributed by atoms with Crippen molar-refractivity contribution < 1.29 is 27.5 Å². The van der Waals surface area contributed by atoms with Crippen molar-refractivity contribution in [2.45, 2.75) is 13.8 Å². The van der Waals surface area contributed by atoms with Crippen molar-refractivity contribution in [3.05, 3.63) is 76.9 Å². The van der Waals surface area contributed by atoms with E-state index in [0.29, 0.717) is 17.5 Å². The molecule has 0 aliphatic heterocycles. The van der Waals surface area contributed by atoms with Crippen molar-refractivity contribution in [1.82, 2.24) is 9.78 Å². The summed E-state index contributed by atoms with van der Waals surface area (Å²) in [7, 11) is 0. The molecule has 0 saturated carbocycles. The molecular weight excluding hydrogens is 387 g/mol. The van der Waals surface area contributed by atoms with Gasteiger partial charge in [0.25, 0.3) is 5.91 Å². The van der Waals surface area contributed by atoms with E-state index in [1.807, 2.05) is 35.6 Å². The van der Waals surface area contributed by atoms with E-state index in [4.69, 9.17) is 4.74 Å². The lowest BCUT2D eigenvalue weighted by molar-refractivity contribution is -0.119. The van der Waals surface area contributed by atoms with Crippen molar-refractivity contribution in [1.29, 1.82) is 0 Å². The number of nitrogens with zero attached hydrogens (tertiary/aromatic N) is 2. The molecule has 29 heavy (non-hydrogen) atoms. The molecule has 0 bridgehead atoms. The van der Waals surface area contributed by atoms with Crippen LogP contribution in [0.3, 0.4) is 0 Å². The van der Waals surface area contributed by atoms with Gasteiger partial charge in [-0.2, -0.15) is 5.10 Å². The number of halogens is 3. The average molecular weight is 403 g/mol. The molecule has 1 N–H and O–H groups in total. The lowest BCUT2D eigenvalue weighted by Gasteiger charge is -2.08. The second-order valence-corrected chi connectivity index (χ2v) is 6.14. The lowest BCUT2D eigenvalue weighted by atomic mass is 10.2. The van der Waals surface area contributed by atoms with Crippen molar-refractivity contribution in [2.75, 3.05) is 11.9 Å². The van der Waals surface area contributed by atoms with Gasteiger partial charge in [0.1, 0.15) is 5.56 Å².